The number of nitrogens with zero attached hydrogens (tertiary/aromatic N) is 1. The van der Waals surface area contributed by atoms with Gasteiger partial charge in [-0.3, -0.25) is 4.90 Å². The molecule has 1 atom stereocenters. The molecule has 1 nitrogen and oxygen atoms in total. The summed E-state index contributed by atoms with van der Waals surface area (Å²) in [4.78, 5) is 2.56. The molecule has 1 saturated heterocycles. The average Bonchev–Trinajstić information content (AvgIpc) is 2.38. The van der Waals surface area contributed by atoms with E-state index in [2.05, 4.69) is 66.3 Å². The monoisotopic (exact) mass is 271 g/mol. The van der Waals surface area contributed by atoms with E-state index in [1.807, 2.05) is 0 Å². The van der Waals surface area contributed by atoms with E-state index in [1.165, 1.54) is 31.4 Å². The van der Waals surface area contributed by atoms with Gasteiger partial charge in [0, 0.05) is 6.54 Å². The van der Waals surface area contributed by atoms with Gasteiger partial charge in [-0.2, -0.15) is 0 Å². The lowest BCUT2D eigenvalue weighted by atomic mass is 10.0. The summed E-state index contributed by atoms with van der Waals surface area (Å²) < 4.78 is 0. The molecule has 102 valence electrons. The van der Waals surface area contributed by atoms with Crippen molar-refractivity contribution < 1.29 is 0 Å². The highest BCUT2D eigenvalue weighted by Gasteiger charge is 2.21. The number of hydrogen-bond donors (Lipinski definition) is 0. The molecule has 0 radical (unpaired) electrons. The average molecular weight is 271 g/mol. The predicted molar refractivity (Wildman–Crippen MR) is 85.6 cm³/mol. The standard InChI is InChI=1S/C17H25NSi/c1-19(2,3)14-12-17-11-7-8-13-18(17)15-16-9-5-4-6-10-16/h4-6,9-10,17H,7-8,11,13,15H2,1-3H3. The second kappa shape index (κ2) is 6.41. The SMILES string of the molecule is C[Si](C)(C)C#CC1CCCCN1Cc1ccccc1. The van der Waals surface area contributed by atoms with Crippen molar-refractivity contribution in [2.45, 2.75) is 51.5 Å². The van der Waals surface area contributed by atoms with Crippen LogP contribution in [0.5, 0.6) is 0 Å². The van der Waals surface area contributed by atoms with E-state index >= 15 is 0 Å². The maximum Gasteiger partial charge on any atom is 0.129 e. The first-order chi connectivity index (χ1) is 9.04. The van der Waals surface area contributed by atoms with Crippen LogP contribution in [0.25, 0.3) is 0 Å². The Kier molecular flexibility index (Phi) is 4.85. The Morgan fingerprint density at radius 2 is 1.89 bits per heavy atom. The van der Waals surface area contributed by atoms with E-state index in [-0.39, 0.29) is 0 Å². The largest absolute Gasteiger partial charge is 0.286 e. The summed E-state index contributed by atoms with van der Waals surface area (Å²) >= 11 is 0. The van der Waals surface area contributed by atoms with Crippen LogP contribution >= 0.6 is 0 Å². The zero-order chi connectivity index (χ0) is 13.7. The van der Waals surface area contributed by atoms with Crippen LogP contribution in [0.15, 0.2) is 30.3 Å². The van der Waals surface area contributed by atoms with E-state index < -0.39 is 8.07 Å². The van der Waals surface area contributed by atoms with Crippen molar-refractivity contribution >= 4 is 8.07 Å². The summed E-state index contributed by atoms with van der Waals surface area (Å²) in [7, 11) is -1.25. The normalized spacial score (nSPS) is 20.7. The van der Waals surface area contributed by atoms with Gasteiger partial charge < -0.3 is 0 Å². The molecule has 1 aromatic carbocycles. The minimum absolute atomic E-state index is 0.473. The minimum atomic E-state index is -1.25. The molecule has 0 aromatic heterocycles. The molecular formula is C17H25NSi. The predicted octanol–water partition coefficient (Wildman–Crippen LogP) is 3.92. The van der Waals surface area contributed by atoms with E-state index in [0.29, 0.717) is 6.04 Å². The number of rotatable bonds is 2. The van der Waals surface area contributed by atoms with Crippen molar-refractivity contribution in [3.8, 4) is 11.5 Å². The van der Waals surface area contributed by atoms with E-state index in [4.69, 9.17) is 0 Å². The summed E-state index contributed by atoms with van der Waals surface area (Å²) in [6.07, 6.45) is 3.89. The van der Waals surface area contributed by atoms with Crippen LogP contribution in [0.1, 0.15) is 24.8 Å². The zero-order valence-electron chi connectivity index (χ0n) is 12.4. The third-order valence-corrected chi connectivity index (χ3v) is 4.35. The molecule has 1 aliphatic heterocycles. The molecule has 0 N–H and O–H groups in total. The Morgan fingerprint density at radius 1 is 1.16 bits per heavy atom. The van der Waals surface area contributed by atoms with Gasteiger partial charge in [0.25, 0.3) is 0 Å². The summed E-state index contributed by atoms with van der Waals surface area (Å²) in [6, 6.07) is 11.3. The van der Waals surface area contributed by atoms with Crippen LogP contribution in [0.3, 0.4) is 0 Å². The van der Waals surface area contributed by atoms with Gasteiger partial charge in [0.05, 0.1) is 6.04 Å². The van der Waals surface area contributed by atoms with Crippen molar-refractivity contribution in [3.63, 3.8) is 0 Å². The van der Waals surface area contributed by atoms with Crippen LogP contribution in [-0.4, -0.2) is 25.6 Å². The zero-order valence-corrected chi connectivity index (χ0v) is 13.4. The topological polar surface area (TPSA) is 3.24 Å². The van der Waals surface area contributed by atoms with Gasteiger partial charge in [0.1, 0.15) is 8.07 Å². The fourth-order valence-electron chi connectivity index (χ4n) is 2.46. The molecule has 1 aromatic rings. The van der Waals surface area contributed by atoms with Crippen LogP contribution in [0.2, 0.25) is 19.6 Å². The third-order valence-electron chi connectivity index (χ3n) is 3.46. The molecular weight excluding hydrogens is 246 g/mol. The van der Waals surface area contributed by atoms with Crippen molar-refractivity contribution in [2.75, 3.05) is 6.54 Å². The van der Waals surface area contributed by atoms with E-state index in [1.54, 1.807) is 0 Å². The van der Waals surface area contributed by atoms with Gasteiger partial charge in [-0.1, -0.05) is 55.9 Å². The van der Waals surface area contributed by atoms with Gasteiger partial charge in [0.15, 0.2) is 0 Å². The Bertz CT molecular complexity index is 450. The summed E-state index contributed by atoms with van der Waals surface area (Å²) in [6.45, 7) is 9.21. The maximum absolute atomic E-state index is 3.57. The Labute approximate surface area is 119 Å². The fraction of sp³-hybridized carbons (Fsp3) is 0.529. The van der Waals surface area contributed by atoms with Crippen LogP contribution in [0, 0.1) is 11.5 Å². The molecule has 0 spiro atoms. The molecule has 2 heteroatoms. The van der Waals surface area contributed by atoms with E-state index in [9.17, 15) is 0 Å². The highest BCUT2D eigenvalue weighted by atomic mass is 28.3. The second-order valence-electron chi connectivity index (χ2n) is 6.49. The molecule has 2 rings (SSSR count). The minimum Gasteiger partial charge on any atom is -0.286 e. The van der Waals surface area contributed by atoms with Crippen LogP contribution < -0.4 is 0 Å². The first-order valence-corrected chi connectivity index (χ1v) is 10.9. The highest BCUT2D eigenvalue weighted by Crippen LogP contribution is 2.19. The molecule has 0 bridgehead atoms. The molecule has 19 heavy (non-hydrogen) atoms. The first-order valence-electron chi connectivity index (χ1n) is 7.35. The number of piperidine rings is 1. The molecule has 0 amide bonds. The summed E-state index contributed by atoms with van der Waals surface area (Å²) in [5.41, 5.74) is 4.96. The molecule has 1 unspecified atom stereocenters. The fourth-order valence-corrected chi connectivity index (χ4v) is 3.06. The summed E-state index contributed by atoms with van der Waals surface area (Å²) in [5, 5.41) is 0. The molecule has 1 fully saturated rings. The van der Waals surface area contributed by atoms with Crippen molar-refractivity contribution in [1.29, 1.82) is 0 Å². The number of likely N-dealkylation sites (tertiary alicyclic amines) is 1. The maximum atomic E-state index is 3.57. The van der Waals surface area contributed by atoms with Gasteiger partial charge in [0.2, 0.25) is 0 Å². The number of benzene rings is 1. The smallest absolute Gasteiger partial charge is 0.129 e. The van der Waals surface area contributed by atoms with Gasteiger partial charge >= 0.3 is 0 Å². The highest BCUT2D eigenvalue weighted by molar-refractivity contribution is 6.83. The lowest BCUT2D eigenvalue weighted by molar-refractivity contribution is 0.178. The molecule has 0 aliphatic carbocycles. The first kappa shape index (κ1) is 14.4. The van der Waals surface area contributed by atoms with Crippen molar-refractivity contribution in [1.82, 2.24) is 4.90 Å². The van der Waals surface area contributed by atoms with Crippen molar-refractivity contribution in [3.05, 3.63) is 35.9 Å². The van der Waals surface area contributed by atoms with Crippen LogP contribution in [-0.2, 0) is 6.54 Å². The molecule has 0 saturated carbocycles. The van der Waals surface area contributed by atoms with Gasteiger partial charge in [-0.15, -0.1) is 5.54 Å². The van der Waals surface area contributed by atoms with Gasteiger partial charge in [-0.05, 0) is 31.4 Å². The second-order valence-corrected chi connectivity index (χ2v) is 11.2. The lowest BCUT2D eigenvalue weighted by Crippen LogP contribution is -2.38. The Balaban J connectivity index is 2.05. The third kappa shape index (κ3) is 4.85. The Morgan fingerprint density at radius 3 is 2.58 bits per heavy atom. The summed E-state index contributed by atoms with van der Waals surface area (Å²) in [5.74, 6) is 3.57. The van der Waals surface area contributed by atoms with Gasteiger partial charge in [-0.25, -0.2) is 0 Å². The van der Waals surface area contributed by atoms with Crippen molar-refractivity contribution in [2.24, 2.45) is 0 Å². The Hall–Kier alpha value is -1.04. The molecule has 1 aliphatic rings. The lowest BCUT2D eigenvalue weighted by Gasteiger charge is -2.32. The van der Waals surface area contributed by atoms with E-state index in [0.717, 1.165) is 6.54 Å². The van der Waals surface area contributed by atoms with Crippen LogP contribution in [0.4, 0.5) is 0 Å². The number of hydrogen-bond acceptors (Lipinski definition) is 1. The molecule has 1 heterocycles. The quantitative estimate of drug-likeness (QED) is 0.582.